The average Bonchev–Trinajstić information content (AvgIpc) is 2.41. The van der Waals surface area contributed by atoms with Gasteiger partial charge >= 0.3 is 0 Å². The van der Waals surface area contributed by atoms with Crippen LogP contribution in [0.5, 0.6) is 0 Å². The fourth-order valence-corrected chi connectivity index (χ4v) is 3.53. The van der Waals surface area contributed by atoms with Crippen molar-refractivity contribution in [1.29, 1.82) is 0 Å². The summed E-state index contributed by atoms with van der Waals surface area (Å²) in [5.74, 6) is 0. The molecule has 0 aromatic heterocycles. The Labute approximate surface area is 132 Å². The molecule has 0 amide bonds. The molecular weight excluding hydrogens is 358 g/mol. The minimum absolute atomic E-state index is 0.257. The molecular formula is C14H14BrNO2S2. The number of rotatable bonds is 4. The van der Waals surface area contributed by atoms with Crippen molar-refractivity contribution in [3.63, 3.8) is 0 Å². The van der Waals surface area contributed by atoms with Crippen LogP contribution in [-0.4, -0.2) is 14.7 Å². The standard InChI is InChI=1S/C14H14BrNO2S2/c1-10-8-13(6-7-14(10)15)20(17,18)16-11-4-3-5-12(9-11)19-2/h3-9,16H,1-2H3. The van der Waals surface area contributed by atoms with Crippen LogP contribution < -0.4 is 4.72 Å². The lowest BCUT2D eigenvalue weighted by atomic mass is 10.2. The van der Waals surface area contributed by atoms with Gasteiger partial charge in [-0.2, -0.15) is 0 Å². The highest BCUT2D eigenvalue weighted by Gasteiger charge is 2.15. The van der Waals surface area contributed by atoms with Gasteiger partial charge in [0.1, 0.15) is 0 Å². The zero-order valence-electron chi connectivity index (χ0n) is 11.1. The van der Waals surface area contributed by atoms with Crippen LogP contribution in [0.2, 0.25) is 0 Å². The minimum atomic E-state index is -3.56. The Hall–Kier alpha value is -0.980. The Bertz CT molecular complexity index is 730. The first-order chi connectivity index (χ1) is 9.42. The highest BCUT2D eigenvalue weighted by Crippen LogP contribution is 2.24. The summed E-state index contributed by atoms with van der Waals surface area (Å²) in [5.41, 5.74) is 1.45. The predicted molar refractivity (Wildman–Crippen MR) is 87.9 cm³/mol. The van der Waals surface area contributed by atoms with Gasteiger partial charge in [0.25, 0.3) is 10.0 Å². The zero-order valence-corrected chi connectivity index (χ0v) is 14.3. The molecule has 0 saturated heterocycles. The Balaban J connectivity index is 2.32. The summed E-state index contributed by atoms with van der Waals surface area (Å²) in [6.45, 7) is 1.86. The third-order valence-corrected chi connectivity index (χ3v) is 5.76. The number of sulfonamides is 1. The van der Waals surface area contributed by atoms with Gasteiger partial charge in [-0.25, -0.2) is 8.42 Å². The van der Waals surface area contributed by atoms with E-state index in [2.05, 4.69) is 20.7 Å². The first kappa shape index (κ1) is 15.4. The lowest BCUT2D eigenvalue weighted by molar-refractivity contribution is 0.601. The van der Waals surface area contributed by atoms with Crippen molar-refractivity contribution in [3.05, 3.63) is 52.5 Å². The molecule has 2 aromatic carbocycles. The SMILES string of the molecule is CSc1cccc(NS(=O)(=O)c2ccc(Br)c(C)c2)c1. The number of thioether (sulfide) groups is 1. The van der Waals surface area contributed by atoms with Gasteiger partial charge in [0.2, 0.25) is 0 Å². The summed E-state index contributed by atoms with van der Waals surface area (Å²) >= 11 is 4.93. The first-order valence-electron chi connectivity index (χ1n) is 5.85. The Kier molecular flexibility index (Phi) is 4.78. The summed E-state index contributed by atoms with van der Waals surface area (Å²) < 4.78 is 28.2. The maximum absolute atomic E-state index is 12.3. The van der Waals surface area contributed by atoms with Crippen LogP contribution >= 0.6 is 27.7 Å². The molecule has 0 spiro atoms. The lowest BCUT2D eigenvalue weighted by Crippen LogP contribution is -2.13. The predicted octanol–water partition coefficient (Wildman–Crippen LogP) is 4.28. The second-order valence-corrected chi connectivity index (χ2v) is 7.66. The van der Waals surface area contributed by atoms with Crippen molar-refractivity contribution in [2.45, 2.75) is 16.7 Å². The average molecular weight is 372 g/mol. The molecule has 0 bridgehead atoms. The maximum Gasteiger partial charge on any atom is 0.261 e. The molecule has 20 heavy (non-hydrogen) atoms. The molecule has 0 radical (unpaired) electrons. The van der Waals surface area contributed by atoms with E-state index in [9.17, 15) is 8.42 Å². The van der Waals surface area contributed by atoms with Gasteiger partial charge in [0.15, 0.2) is 0 Å². The Morgan fingerprint density at radius 3 is 2.55 bits per heavy atom. The summed E-state index contributed by atoms with van der Waals surface area (Å²) in [6, 6.07) is 12.3. The van der Waals surface area contributed by atoms with E-state index in [-0.39, 0.29) is 4.90 Å². The number of hydrogen-bond donors (Lipinski definition) is 1. The van der Waals surface area contributed by atoms with Crippen LogP contribution in [0.4, 0.5) is 5.69 Å². The van der Waals surface area contributed by atoms with Crippen LogP contribution in [0.25, 0.3) is 0 Å². The second kappa shape index (κ2) is 6.20. The van der Waals surface area contributed by atoms with Gasteiger partial charge < -0.3 is 0 Å². The van der Waals surface area contributed by atoms with Gasteiger partial charge in [-0.05, 0) is 55.1 Å². The van der Waals surface area contributed by atoms with E-state index in [1.54, 1.807) is 36.0 Å². The van der Waals surface area contributed by atoms with E-state index in [1.165, 1.54) is 0 Å². The quantitative estimate of drug-likeness (QED) is 0.815. The Morgan fingerprint density at radius 2 is 1.90 bits per heavy atom. The molecule has 0 aliphatic heterocycles. The fraction of sp³-hybridized carbons (Fsp3) is 0.143. The van der Waals surface area contributed by atoms with E-state index in [0.717, 1.165) is 14.9 Å². The monoisotopic (exact) mass is 371 g/mol. The number of anilines is 1. The molecule has 0 heterocycles. The van der Waals surface area contributed by atoms with Gasteiger partial charge in [-0.1, -0.05) is 22.0 Å². The van der Waals surface area contributed by atoms with E-state index >= 15 is 0 Å². The van der Waals surface area contributed by atoms with Crippen molar-refractivity contribution in [2.24, 2.45) is 0 Å². The van der Waals surface area contributed by atoms with Crippen molar-refractivity contribution in [1.82, 2.24) is 0 Å². The number of nitrogens with one attached hydrogen (secondary N) is 1. The van der Waals surface area contributed by atoms with Gasteiger partial charge in [0, 0.05) is 15.1 Å². The number of hydrogen-bond acceptors (Lipinski definition) is 3. The fourth-order valence-electron chi connectivity index (χ4n) is 1.68. The van der Waals surface area contributed by atoms with Crippen LogP contribution in [-0.2, 0) is 10.0 Å². The van der Waals surface area contributed by atoms with Crippen molar-refractivity contribution >= 4 is 43.4 Å². The van der Waals surface area contributed by atoms with Crippen molar-refractivity contribution in [3.8, 4) is 0 Å². The van der Waals surface area contributed by atoms with E-state index in [1.807, 2.05) is 31.4 Å². The summed E-state index contributed by atoms with van der Waals surface area (Å²) in [7, 11) is -3.56. The highest BCUT2D eigenvalue weighted by molar-refractivity contribution is 9.10. The number of benzene rings is 2. The molecule has 3 nitrogen and oxygen atoms in total. The van der Waals surface area contributed by atoms with Crippen LogP contribution in [0.3, 0.4) is 0 Å². The van der Waals surface area contributed by atoms with Crippen molar-refractivity contribution in [2.75, 3.05) is 11.0 Å². The summed E-state index contributed by atoms with van der Waals surface area (Å²) in [6.07, 6.45) is 1.95. The zero-order chi connectivity index (χ0) is 14.8. The first-order valence-corrected chi connectivity index (χ1v) is 9.35. The molecule has 2 aromatic rings. The molecule has 2 rings (SSSR count). The van der Waals surface area contributed by atoms with E-state index in [4.69, 9.17) is 0 Å². The van der Waals surface area contributed by atoms with E-state index < -0.39 is 10.0 Å². The Morgan fingerprint density at radius 1 is 1.15 bits per heavy atom. The third-order valence-electron chi connectivity index (χ3n) is 2.76. The molecule has 0 fully saturated rings. The normalized spacial score (nSPS) is 11.3. The van der Waals surface area contributed by atoms with Gasteiger partial charge in [-0.3, -0.25) is 4.72 Å². The molecule has 0 saturated carbocycles. The smallest absolute Gasteiger partial charge is 0.261 e. The minimum Gasteiger partial charge on any atom is -0.280 e. The highest BCUT2D eigenvalue weighted by atomic mass is 79.9. The molecule has 0 atom stereocenters. The molecule has 6 heteroatoms. The van der Waals surface area contributed by atoms with E-state index in [0.29, 0.717) is 5.69 Å². The second-order valence-electron chi connectivity index (χ2n) is 4.25. The molecule has 1 N–H and O–H groups in total. The molecule has 0 aliphatic carbocycles. The molecule has 0 aliphatic rings. The molecule has 0 unspecified atom stereocenters. The van der Waals surface area contributed by atoms with Gasteiger partial charge in [-0.15, -0.1) is 11.8 Å². The van der Waals surface area contributed by atoms with Crippen LogP contribution in [0.15, 0.2) is 56.7 Å². The lowest BCUT2D eigenvalue weighted by Gasteiger charge is -2.10. The molecule has 106 valence electrons. The third kappa shape index (κ3) is 3.56. The largest absolute Gasteiger partial charge is 0.280 e. The van der Waals surface area contributed by atoms with Crippen molar-refractivity contribution < 1.29 is 8.42 Å². The number of aryl methyl sites for hydroxylation is 1. The summed E-state index contributed by atoms with van der Waals surface area (Å²) in [5, 5.41) is 0. The number of halogens is 1. The van der Waals surface area contributed by atoms with Crippen LogP contribution in [0, 0.1) is 6.92 Å². The van der Waals surface area contributed by atoms with Gasteiger partial charge in [0.05, 0.1) is 4.90 Å². The van der Waals surface area contributed by atoms with Crippen LogP contribution in [0.1, 0.15) is 5.56 Å². The topological polar surface area (TPSA) is 46.2 Å². The summed E-state index contributed by atoms with van der Waals surface area (Å²) in [4.78, 5) is 1.27. The maximum atomic E-state index is 12.3.